The number of methoxy groups -OCH3 is 2. The Bertz CT molecular complexity index is 947. The summed E-state index contributed by atoms with van der Waals surface area (Å²) in [4.78, 5) is 12.7. The molecule has 0 aliphatic carbocycles. The number of aryl methyl sites for hydroxylation is 1. The van der Waals surface area contributed by atoms with Crippen LogP contribution in [0, 0.1) is 6.92 Å². The Balaban J connectivity index is 1.88. The van der Waals surface area contributed by atoms with Crippen molar-refractivity contribution in [2.45, 2.75) is 57.8 Å². The van der Waals surface area contributed by atoms with E-state index < -0.39 is 17.5 Å². The lowest BCUT2D eigenvalue weighted by Gasteiger charge is -2.46. The van der Waals surface area contributed by atoms with Crippen LogP contribution >= 0.6 is 0 Å². The van der Waals surface area contributed by atoms with Gasteiger partial charge in [0.05, 0.1) is 14.2 Å². The summed E-state index contributed by atoms with van der Waals surface area (Å²) in [5.41, 5.74) is 1.91. The van der Waals surface area contributed by atoms with Gasteiger partial charge in [-0.05, 0) is 36.6 Å². The maximum atomic E-state index is 12.7. The van der Waals surface area contributed by atoms with Gasteiger partial charge in [-0.2, -0.15) is 0 Å². The highest BCUT2D eigenvalue weighted by Gasteiger charge is 2.49. The molecule has 0 spiro atoms. The van der Waals surface area contributed by atoms with Crippen LogP contribution in [-0.4, -0.2) is 20.0 Å². The van der Waals surface area contributed by atoms with E-state index in [9.17, 15) is 4.79 Å². The summed E-state index contributed by atoms with van der Waals surface area (Å²) in [5.74, 6) is 1.55. The number of benzene rings is 1. The number of unbranched alkanes of at least 4 members (excludes halogenated alkanes) is 2. The molecule has 2 atom stereocenters. The van der Waals surface area contributed by atoms with Gasteiger partial charge in [-0.15, -0.1) is 0 Å². The molecule has 1 unspecified atom stereocenters. The molecule has 4 rings (SSSR count). The highest BCUT2D eigenvalue weighted by Crippen LogP contribution is 2.50. The van der Waals surface area contributed by atoms with Crippen LogP contribution in [0.4, 0.5) is 0 Å². The van der Waals surface area contributed by atoms with Gasteiger partial charge in [0.2, 0.25) is 5.79 Å². The molecule has 2 aliphatic rings. The Morgan fingerprint density at radius 2 is 1.89 bits per heavy atom. The zero-order valence-electron chi connectivity index (χ0n) is 16.8. The van der Waals surface area contributed by atoms with Crippen molar-refractivity contribution in [3.05, 3.63) is 51.1 Å². The minimum atomic E-state index is -0.792. The second-order valence-corrected chi connectivity index (χ2v) is 7.47. The summed E-state index contributed by atoms with van der Waals surface area (Å²) in [5, 5.41) is 0. The molecule has 28 heavy (non-hydrogen) atoms. The number of ether oxygens (including phenoxy) is 4. The molecule has 2 aromatic rings. The van der Waals surface area contributed by atoms with E-state index in [-0.39, 0.29) is 0 Å². The maximum absolute atomic E-state index is 12.7. The lowest BCUT2D eigenvalue weighted by atomic mass is 9.85. The number of hydrogen-bond acceptors (Lipinski definition) is 6. The quantitative estimate of drug-likeness (QED) is 0.690. The summed E-state index contributed by atoms with van der Waals surface area (Å²) in [6.07, 6.45) is 3.99. The van der Waals surface area contributed by atoms with Crippen molar-refractivity contribution in [1.29, 1.82) is 0 Å². The first kappa shape index (κ1) is 18.9. The van der Waals surface area contributed by atoms with Gasteiger partial charge in [0.15, 0.2) is 11.5 Å². The van der Waals surface area contributed by atoms with Gasteiger partial charge in [0, 0.05) is 18.9 Å². The molecule has 150 valence electrons. The second-order valence-electron chi connectivity index (χ2n) is 7.47. The van der Waals surface area contributed by atoms with E-state index in [0.717, 1.165) is 36.8 Å². The van der Waals surface area contributed by atoms with E-state index in [0.29, 0.717) is 35.0 Å². The Kier molecular flexibility index (Phi) is 4.83. The molecule has 0 radical (unpaired) electrons. The van der Waals surface area contributed by atoms with Gasteiger partial charge in [-0.1, -0.05) is 19.8 Å². The van der Waals surface area contributed by atoms with Crippen molar-refractivity contribution in [3.63, 3.8) is 0 Å². The third kappa shape index (κ3) is 3.05. The van der Waals surface area contributed by atoms with E-state index in [1.165, 1.54) is 0 Å². The molecule has 3 heterocycles. The SMILES string of the molecule is CCCCC[C@]12Cc3cc(OC)c(OC)cc3C(O1)c1c(cc(C)oc1=O)O2. The predicted molar refractivity (Wildman–Crippen MR) is 103 cm³/mol. The minimum absolute atomic E-state index is 0.407. The number of hydrogen-bond donors (Lipinski definition) is 0. The molecule has 0 fully saturated rings. The van der Waals surface area contributed by atoms with E-state index in [1.54, 1.807) is 27.2 Å². The minimum Gasteiger partial charge on any atom is -0.493 e. The molecule has 0 N–H and O–H groups in total. The van der Waals surface area contributed by atoms with Gasteiger partial charge < -0.3 is 23.4 Å². The first-order valence-electron chi connectivity index (χ1n) is 9.76. The average Bonchev–Trinajstić information content (AvgIpc) is 2.66. The monoisotopic (exact) mass is 386 g/mol. The molecular weight excluding hydrogens is 360 g/mol. The van der Waals surface area contributed by atoms with E-state index in [2.05, 4.69) is 6.92 Å². The number of rotatable bonds is 6. The third-order valence-electron chi connectivity index (χ3n) is 5.51. The lowest BCUT2D eigenvalue weighted by molar-refractivity contribution is -0.233. The smallest absolute Gasteiger partial charge is 0.345 e. The topological polar surface area (TPSA) is 67.1 Å². The van der Waals surface area contributed by atoms with Gasteiger partial charge >= 0.3 is 5.63 Å². The summed E-state index contributed by atoms with van der Waals surface area (Å²) >= 11 is 0. The third-order valence-corrected chi connectivity index (χ3v) is 5.51. The van der Waals surface area contributed by atoms with Gasteiger partial charge in [0.1, 0.15) is 23.2 Å². The molecule has 2 aliphatic heterocycles. The molecule has 6 heteroatoms. The number of fused-ring (bicyclic) bond motifs is 6. The maximum Gasteiger partial charge on any atom is 0.345 e. The van der Waals surface area contributed by atoms with Crippen molar-refractivity contribution >= 4 is 0 Å². The van der Waals surface area contributed by atoms with Crippen molar-refractivity contribution < 1.29 is 23.4 Å². The van der Waals surface area contributed by atoms with E-state index >= 15 is 0 Å². The van der Waals surface area contributed by atoms with Crippen LogP contribution in [0.2, 0.25) is 0 Å². The molecule has 6 nitrogen and oxygen atoms in total. The largest absolute Gasteiger partial charge is 0.493 e. The van der Waals surface area contributed by atoms with E-state index in [1.807, 2.05) is 12.1 Å². The molecule has 2 bridgehead atoms. The fourth-order valence-corrected chi connectivity index (χ4v) is 4.18. The van der Waals surface area contributed by atoms with Crippen LogP contribution in [0.15, 0.2) is 27.4 Å². The van der Waals surface area contributed by atoms with Crippen molar-refractivity contribution in [1.82, 2.24) is 0 Å². The fourth-order valence-electron chi connectivity index (χ4n) is 4.18. The van der Waals surface area contributed by atoms with E-state index in [4.69, 9.17) is 23.4 Å². The molecular formula is C22H26O6. The molecule has 0 saturated heterocycles. The van der Waals surface area contributed by atoms with Crippen LogP contribution in [0.25, 0.3) is 0 Å². The molecule has 1 aromatic heterocycles. The predicted octanol–water partition coefficient (Wildman–Crippen LogP) is 4.30. The molecule has 0 amide bonds. The Morgan fingerprint density at radius 3 is 2.61 bits per heavy atom. The first-order chi connectivity index (χ1) is 13.5. The summed E-state index contributed by atoms with van der Waals surface area (Å²) in [7, 11) is 3.21. The molecule has 0 saturated carbocycles. The summed E-state index contributed by atoms with van der Waals surface area (Å²) in [6.45, 7) is 3.92. The van der Waals surface area contributed by atoms with Crippen molar-refractivity contribution in [2.24, 2.45) is 0 Å². The van der Waals surface area contributed by atoms with Crippen LogP contribution in [0.3, 0.4) is 0 Å². The Morgan fingerprint density at radius 1 is 1.14 bits per heavy atom. The van der Waals surface area contributed by atoms with Crippen LogP contribution < -0.4 is 19.8 Å². The van der Waals surface area contributed by atoms with Crippen LogP contribution in [0.1, 0.15) is 61.2 Å². The van der Waals surface area contributed by atoms with Crippen LogP contribution in [-0.2, 0) is 11.2 Å². The summed E-state index contributed by atoms with van der Waals surface area (Å²) in [6, 6.07) is 5.64. The average molecular weight is 386 g/mol. The normalized spacial score (nSPS) is 22.1. The van der Waals surface area contributed by atoms with Crippen molar-refractivity contribution in [2.75, 3.05) is 14.2 Å². The fraction of sp³-hybridized carbons (Fsp3) is 0.500. The summed E-state index contributed by atoms with van der Waals surface area (Å²) < 4.78 is 29.0. The Labute approximate surface area is 164 Å². The van der Waals surface area contributed by atoms with Gasteiger partial charge in [0.25, 0.3) is 0 Å². The first-order valence-corrected chi connectivity index (χ1v) is 9.76. The molecule has 1 aromatic carbocycles. The zero-order chi connectivity index (χ0) is 19.9. The Hall–Kier alpha value is -2.47. The standard InChI is InChI=1S/C22H26O6/c1-5-6-7-8-22-12-14-10-16(24-3)17(25-4)11-15(14)20(28-22)19-18(27-22)9-13(2)26-21(19)23/h9-11,20H,5-8,12H2,1-4H3/t20?,22-/m1/s1. The van der Waals surface area contributed by atoms with Crippen LogP contribution in [0.5, 0.6) is 17.2 Å². The highest BCUT2D eigenvalue weighted by molar-refractivity contribution is 5.53. The zero-order valence-corrected chi connectivity index (χ0v) is 16.8. The second kappa shape index (κ2) is 7.17. The van der Waals surface area contributed by atoms with Crippen molar-refractivity contribution in [3.8, 4) is 17.2 Å². The highest BCUT2D eigenvalue weighted by atomic mass is 16.7. The van der Waals surface area contributed by atoms with Gasteiger partial charge in [-0.25, -0.2) is 4.79 Å². The lowest BCUT2D eigenvalue weighted by Crippen LogP contribution is -2.50. The van der Waals surface area contributed by atoms with Gasteiger partial charge in [-0.3, -0.25) is 0 Å².